The Kier molecular flexibility index (Phi) is 2.83. The van der Waals surface area contributed by atoms with Crippen molar-refractivity contribution < 1.29 is 8.42 Å². The molecule has 94 valence electrons. The quantitative estimate of drug-likeness (QED) is 0.807. The first kappa shape index (κ1) is 12.6. The topological polar surface area (TPSA) is 37.4 Å². The maximum Gasteiger partial charge on any atom is 0.165 e. The van der Waals surface area contributed by atoms with Crippen LogP contribution in [0.5, 0.6) is 0 Å². The van der Waals surface area contributed by atoms with Gasteiger partial charge >= 0.3 is 0 Å². The number of sulfone groups is 1. The van der Waals surface area contributed by atoms with E-state index in [4.69, 9.17) is 0 Å². The van der Waals surface area contributed by atoms with Crippen LogP contribution in [0.4, 0.5) is 0 Å². The van der Waals surface area contributed by atoms with E-state index in [1.807, 2.05) is 63.2 Å². The highest BCUT2D eigenvalue weighted by Crippen LogP contribution is 2.51. The molecule has 0 N–H and O–H groups in total. The van der Waals surface area contributed by atoms with E-state index >= 15 is 0 Å². The number of hydrogen-bond donors (Lipinski definition) is 0. The highest BCUT2D eigenvalue weighted by molar-refractivity contribution is 7.94. The molecule has 0 saturated carbocycles. The lowest BCUT2D eigenvalue weighted by atomic mass is 9.92. The predicted molar refractivity (Wildman–Crippen MR) is 69.7 cm³/mol. The van der Waals surface area contributed by atoms with Crippen LogP contribution < -0.4 is 0 Å². The number of likely N-dealkylation sites (N-methyl/N-ethyl adjacent to an activating group) is 1. The van der Waals surface area contributed by atoms with Crippen LogP contribution in [0.25, 0.3) is 0 Å². The van der Waals surface area contributed by atoms with Gasteiger partial charge in [-0.1, -0.05) is 30.3 Å². The number of rotatable bonds is 2. The van der Waals surface area contributed by atoms with Crippen LogP contribution in [-0.2, 0) is 9.84 Å². The lowest BCUT2D eigenvalue weighted by Crippen LogP contribution is -2.66. The first-order valence-electron chi connectivity index (χ1n) is 5.75. The zero-order valence-electron chi connectivity index (χ0n) is 10.7. The molecule has 0 amide bonds. The molecule has 1 heterocycles. The van der Waals surface area contributed by atoms with Gasteiger partial charge < -0.3 is 4.90 Å². The fourth-order valence-electron chi connectivity index (χ4n) is 2.85. The molecular formula is C13H19NO2S. The van der Waals surface area contributed by atoms with Gasteiger partial charge in [-0.3, -0.25) is 0 Å². The van der Waals surface area contributed by atoms with Gasteiger partial charge in [0, 0.05) is 6.04 Å². The molecule has 2 rings (SSSR count). The van der Waals surface area contributed by atoms with Crippen molar-refractivity contribution in [3.05, 3.63) is 35.9 Å². The third-order valence-corrected chi connectivity index (χ3v) is 6.66. The molecule has 0 bridgehead atoms. The minimum atomic E-state index is -3.09. The summed E-state index contributed by atoms with van der Waals surface area (Å²) in [7, 11) is 0.794. The highest BCUT2D eigenvalue weighted by Gasteiger charge is 2.62. The van der Waals surface area contributed by atoms with Gasteiger partial charge in [0.05, 0.1) is 4.75 Å². The van der Waals surface area contributed by atoms with Gasteiger partial charge in [-0.2, -0.15) is 0 Å². The molecule has 0 unspecified atom stereocenters. The smallest absolute Gasteiger partial charge is 0.165 e. The van der Waals surface area contributed by atoms with Crippen LogP contribution in [0.15, 0.2) is 30.3 Å². The van der Waals surface area contributed by atoms with Crippen molar-refractivity contribution in [2.24, 2.45) is 0 Å². The third kappa shape index (κ3) is 1.62. The fourth-order valence-corrected chi connectivity index (χ4v) is 5.41. The molecule has 1 fully saturated rings. The van der Waals surface area contributed by atoms with Crippen molar-refractivity contribution in [2.75, 3.05) is 14.1 Å². The van der Waals surface area contributed by atoms with E-state index in [1.165, 1.54) is 0 Å². The van der Waals surface area contributed by atoms with Crippen LogP contribution in [0.2, 0.25) is 0 Å². The van der Waals surface area contributed by atoms with Crippen molar-refractivity contribution >= 4 is 9.84 Å². The fraction of sp³-hybridized carbons (Fsp3) is 0.538. The van der Waals surface area contributed by atoms with Crippen molar-refractivity contribution in [3.8, 4) is 0 Å². The molecule has 0 aromatic heterocycles. The van der Waals surface area contributed by atoms with Crippen molar-refractivity contribution in [1.82, 2.24) is 4.90 Å². The lowest BCUT2D eigenvalue weighted by molar-refractivity contribution is 0.200. The van der Waals surface area contributed by atoms with Gasteiger partial charge in [-0.15, -0.1) is 0 Å². The Labute approximate surface area is 103 Å². The van der Waals surface area contributed by atoms with E-state index in [2.05, 4.69) is 0 Å². The second-order valence-corrected chi connectivity index (χ2v) is 8.04. The first-order chi connectivity index (χ1) is 7.80. The zero-order valence-corrected chi connectivity index (χ0v) is 11.5. The normalized spacial score (nSPS) is 29.9. The highest BCUT2D eigenvalue weighted by atomic mass is 32.2. The molecule has 1 aromatic rings. The number of nitrogens with zero attached hydrogens (tertiary/aromatic N) is 1. The molecule has 1 saturated heterocycles. The van der Waals surface area contributed by atoms with Crippen LogP contribution >= 0.6 is 0 Å². The van der Waals surface area contributed by atoms with E-state index < -0.39 is 19.8 Å². The summed E-state index contributed by atoms with van der Waals surface area (Å²) in [4.78, 5) is 2.01. The Hall–Kier alpha value is -0.870. The molecule has 17 heavy (non-hydrogen) atoms. The summed E-state index contributed by atoms with van der Waals surface area (Å²) in [5, 5.41) is -0.395. The molecule has 1 aliphatic heterocycles. The monoisotopic (exact) mass is 253 g/mol. The molecule has 0 radical (unpaired) electrons. The molecule has 0 aliphatic carbocycles. The van der Waals surface area contributed by atoms with Gasteiger partial charge in [0.1, 0.15) is 5.25 Å². The average molecular weight is 253 g/mol. The number of hydrogen-bond acceptors (Lipinski definition) is 3. The molecule has 0 spiro atoms. The summed E-state index contributed by atoms with van der Waals surface area (Å²) >= 11 is 0. The zero-order chi connectivity index (χ0) is 12.8. The Balaban J connectivity index is 2.48. The molecule has 2 atom stereocenters. The largest absolute Gasteiger partial charge is 0.303 e. The molecule has 4 heteroatoms. The Morgan fingerprint density at radius 2 is 1.65 bits per heavy atom. The predicted octanol–water partition coefficient (Wildman–Crippen LogP) is 1.86. The van der Waals surface area contributed by atoms with E-state index in [-0.39, 0.29) is 6.04 Å². The summed E-state index contributed by atoms with van der Waals surface area (Å²) in [6.45, 7) is 3.62. The maximum atomic E-state index is 12.4. The number of benzene rings is 1. The maximum absolute atomic E-state index is 12.4. The van der Waals surface area contributed by atoms with E-state index in [0.717, 1.165) is 5.56 Å². The Morgan fingerprint density at radius 1 is 1.12 bits per heavy atom. The van der Waals surface area contributed by atoms with Crippen molar-refractivity contribution in [2.45, 2.75) is 29.9 Å². The molecular weight excluding hydrogens is 234 g/mol. The van der Waals surface area contributed by atoms with Gasteiger partial charge in [-0.25, -0.2) is 8.42 Å². The first-order valence-corrected chi connectivity index (χ1v) is 7.29. The minimum Gasteiger partial charge on any atom is -0.303 e. The van der Waals surface area contributed by atoms with Gasteiger partial charge in [0.15, 0.2) is 9.84 Å². The second kappa shape index (κ2) is 3.82. The van der Waals surface area contributed by atoms with Crippen molar-refractivity contribution in [3.63, 3.8) is 0 Å². The van der Waals surface area contributed by atoms with Crippen molar-refractivity contribution in [1.29, 1.82) is 0 Å². The SMILES string of the molecule is CN(C)[C@@H]1[C@@H](c2ccccc2)S(=O)(=O)C1(C)C. The Morgan fingerprint density at radius 3 is 2.12 bits per heavy atom. The van der Waals surface area contributed by atoms with Crippen LogP contribution in [0.3, 0.4) is 0 Å². The van der Waals surface area contributed by atoms with E-state index in [0.29, 0.717) is 0 Å². The van der Waals surface area contributed by atoms with Gasteiger partial charge in [0.25, 0.3) is 0 Å². The molecule has 3 nitrogen and oxygen atoms in total. The Bertz CT molecular complexity index is 505. The summed E-state index contributed by atoms with van der Waals surface area (Å²) < 4.78 is 24.0. The van der Waals surface area contributed by atoms with Crippen LogP contribution in [-0.4, -0.2) is 38.2 Å². The second-order valence-electron chi connectivity index (χ2n) is 5.39. The lowest BCUT2D eigenvalue weighted by Gasteiger charge is -2.53. The van der Waals surface area contributed by atoms with Crippen LogP contribution in [0, 0.1) is 0 Å². The van der Waals surface area contributed by atoms with Gasteiger partial charge in [0.2, 0.25) is 0 Å². The summed E-state index contributed by atoms with van der Waals surface area (Å²) in [6.07, 6.45) is 0. The summed E-state index contributed by atoms with van der Waals surface area (Å²) in [5.41, 5.74) is 0.894. The summed E-state index contributed by atoms with van der Waals surface area (Å²) in [5.74, 6) is 0. The third-order valence-electron chi connectivity index (χ3n) is 3.75. The summed E-state index contributed by atoms with van der Waals surface area (Å²) in [6, 6.07) is 9.52. The van der Waals surface area contributed by atoms with Gasteiger partial charge in [-0.05, 0) is 33.5 Å². The van der Waals surface area contributed by atoms with E-state index in [9.17, 15) is 8.42 Å². The van der Waals surface area contributed by atoms with E-state index in [1.54, 1.807) is 0 Å². The average Bonchev–Trinajstić information content (AvgIpc) is 2.25. The standard InChI is InChI=1S/C13H19NO2S/c1-13(2)12(14(3)4)11(17(13,15)16)10-8-6-5-7-9-10/h5-9,11-12H,1-4H3/t11-,12-/m1/s1. The van der Waals surface area contributed by atoms with Crippen LogP contribution in [0.1, 0.15) is 24.7 Å². The minimum absolute atomic E-state index is 0.0369. The molecule has 1 aromatic carbocycles. The molecule has 1 aliphatic rings.